The summed E-state index contributed by atoms with van der Waals surface area (Å²) >= 11 is 0. The number of aromatic nitrogens is 3. The van der Waals surface area contributed by atoms with Crippen LogP contribution in [0.3, 0.4) is 0 Å². The minimum atomic E-state index is 1.04. The predicted molar refractivity (Wildman–Crippen MR) is 83.0 cm³/mol. The second kappa shape index (κ2) is 3.39. The minimum absolute atomic E-state index is 1.04. The molecular formula is C17H11N3. The van der Waals surface area contributed by atoms with Gasteiger partial charge >= 0.3 is 0 Å². The van der Waals surface area contributed by atoms with Crippen LogP contribution in [0.15, 0.2) is 54.9 Å². The molecular weight excluding hydrogens is 246 g/mol. The van der Waals surface area contributed by atoms with Gasteiger partial charge in [0.15, 0.2) is 0 Å². The van der Waals surface area contributed by atoms with Gasteiger partial charge in [0.05, 0.1) is 17.2 Å². The Morgan fingerprint density at radius 2 is 1.60 bits per heavy atom. The highest BCUT2D eigenvalue weighted by Gasteiger charge is 2.11. The van der Waals surface area contributed by atoms with Crippen LogP contribution in [0.25, 0.3) is 43.6 Å². The average molecular weight is 257 g/mol. The zero-order valence-electron chi connectivity index (χ0n) is 10.6. The Balaban J connectivity index is 2.20. The molecule has 0 saturated carbocycles. The third-order valence-electron chi connectivity index (χ3n) is 4.03. The SMILES string of the molecule is c1ccc2c(c1)ncc1[nH]c3ccc4[nH]ccc4c3c12. The molecule has 5 rings (SSSR count). The number of benzene rings is 2. The van der Waals surface area contributed by atoms with Crippen LogP contribution in [0.5, 0.6) is 0 Å². The van der Waals surface area contributed by atoms with Gasteiger partial charge in [-0.2, -0.15) is 0 Å². The lowest BCUT2D eigenvalue weighted by atomic mass is 10.1. The Labute approximate surface area is 114 Å². The molecule has 0 atom stereocenters. The normalized spacial score (nSPS) is 12.0. The lowest BCUT2D eigenvalue weighted by Crippen LogP contribution is -1.79. The van der Waals surface area contributed by atoms with Gasteiger partial charge < -0.3 is 9.97 Å². The fourth-order valence-corrected chi connectivity index (χ4v) is 3.16. The molecule has 0 radical (unpaired) electrons. The Morgan fingerprint density at radius 3 is 2.60 bits per heavy atom. The van der Waals surface area contributed by atoms with Gasteiger partial charge in [0.1, 0.15) is 0 Å². The van der Waals surface area contributed by atoms with Gasteiger partial charge in [-0.3, -0.25) is 4.98 Å². The van der Waals surface area contributed by atoms with Crippen molar-refractivity contribution in [2.45, 2.75) is 0 Å². The van der Waals surface area contributed by atoms with Crippen LogP contribution in [0, 0.1) is 0 Å². The molecule has 0 aliphatic carbocycles. The monoisotopic (exact) mass is 257 g/mol. The number of para-hydroxylation sites is 1. The summed E-state index contributed by atoms with van der Waals surface area (Å²) in [7, 11) is 0. The van der Waals surface area contributed by atoms with Crippen molar-refractivity contribution in [3.63, 3.8) is 0 Å². The molecule has 0 bridgehead atoms. The molecule has 20 heavy (non-hydrogen) atoms. The van der Waals surface area contributed by atoms with Crippen LogP contribution in [-0.2, 0) is 0 Å². The van der Waals surface area contributed by atoms with Crippen molar-refractivity contribution in [2.75, 3.05) is 0 Å². The van der Waals surface area contributed by atoms with Crippen molar-refractivity contribution in [3.8, 4) is 0 Å². The van der Waals surface area contributed by atoms with E-state index in [2.05, 4.69) is 51.4 Å². The van der Waals surface area contributed by atoms with Gasteiger partial charge in [0.25, 0.3) is 0 Å². The standard InChI is InChI=1S/C17H11N3/c1-2-4-12-10(3-1)17-15(9-19-12)20-14-6-5-13-11(16(14)17)7-8-18-13/h1-9,18,20H. The van der Waals surface area contributed by atoms with Crippen molar-refractivity contribution < 1.29 is 0 Å². The van der Waals surface area contributed by atoms with E-state index in [1.54, 1.807) is 0 Å². The molecule has 3 aromatic heterocycles. The molecule has 0 fully saturated rings. The van der Waals surface area contributed by atoms with Crippen LogP contribution in [-0.4, -0.2) is 15.0 Å². The van der Waals surface area contributed by atoms with E-state index < -0.39 is 0 Å². The molecule has 0 spiro atoms. The van der Waals surface area contributed by atoms with Crippen molar-refractivity contribution in [1.29, 1.82) is 0 Å². The Hall–Kier alpha value is -2.81. The third kappa shape index (κ3) is 1.12. The number of H-pyrrole nitrogens is 2. The maximum Gasteiger partial charge on any atom is 0.0709 e. The first-order chi connectivity index (χ1) is 9.92. The third-order valence-corrected chi connectivity index (χ3v) is 4.03. The second-order valence-electron chi connectivity index (χ2n) is 5.12. The number of hydrogen-bond donors (Lipinski definition) is 2. The maximum atomic E-state index is 4.53. The molecule has 94 valence electrons. The van der Waals surface area contributed by atoms with Crippen molar-refractivity contribution >= 4 is 43.6 Å². The number of aromatic amines is 2. The molecule has 0 saturated heterocycles. The van der Waals surface area contributed by atoms with Gasteiger partial charge in [-0.1, -0.05) is 18.2 Å². The molecule has 3 nitrogen and oxygen atoms in total. The highest BCUT2D eigenvalue weighted by molar-refractivity contribution is 6.26. The first kappa shape index (κ1) is 10.0. The predicted octanol–water partition coefficient (Wildman–Crippen LogP) is 4.35. The summed E-state index contributed by atoms with van der Waals surface area (Å²) in [4.78, 5) is 11.3. The van der Waals surface area contributed by atoms with Crippen LogP contribution in [0.2, 0.25) is 0 Å². The molecule has 3 heteroatoms. The van der Waals surface area contributed by atoms with Crippen LogP contribution in [0.1, 0.15) is 0 Å². The molecule has 0 amide bonds. The van der Waals surface area contributed by atoms with Crippen molar-refractivity contribution in [2.24, 2.45) is 0 Å². The number of nitrogens with one attached hydrogen (secondary N) is 2. The molecule has 3 heterocycles. The molecule has 2 N–H and O–H groups in total. The summed E-state index contributed by atoms with van der Waals surface area (Å²) in [5, 5.41) is 4.99. The van der Waals surface area contributed by atoms with Crippen LogP contribution < -0.4 is 0 Å². The first-order valence-corrected chi connectivity index (χ1v) is 6.67. The van der Waals surface area contributed by atoms with Gasteiger partial charge in [0.2, 0.25) is 0 Å². The van der Waals surface area contributed by atoms with Gasteiger partial charge in [-0.25, -0.2) is 0 Å². The Bertz CT molecular complexity index is 1100. The lowest BCUT2D eigenvalue weighted by Gasteiger charge is -2.00. The van der Waals surface area contributed by atoms with Crippen molar-refractivity contribution in [3.05, 3.63) is 54.9 Å². The fourth-order valence-electron chi connectivity index (χ4n) is 3.16. The lowest BCUT2D eigenvalue weighted by molar-refractivity contribution is 1.41. The van der Waals surface area contributed by atoms with Gasteiger partial charge in [-0.05, 0) is 24.3 Å². The number of nitrogens with zero attached hydrogens (tertiary/aromatic N) is 1. The van der Waals surface area contributed by atoms with E-state index in [0.717, 1.165) is 16.6 Å². The molecule has 0 aliphatic rings. The number of hydrogen-bond acceptors (Lipinski definition) is 1. The van der Waals surface area contributed by atoms with E-state index in [1.807, 2.05) is 18.5 Å². The van der Waals surface area contributed by atoms with E-state index in [9.17, 15) is 0 Å². The molecule has 2 aromatic carbocycles. The summed E-state index contributed by atoms with van der Waals surface area (Å²) in [6.45, 7) is 0. The smallest absolute Gasteiger partial charge is 0.0709 e. The average Bonchev–Trinajstić information content (AvgIpc) is 3.10. The summed E-state index contributed by atoms with van der Waals surface area (Å²) in [6.07, 6.45) is 3.92. The number of fused-ring (bicyclic) bond motifs is 7. The second-order valence-corrected chi connectivity index (χ2v) is 5.12. The van der Waals surface area contributed by atoms with E-state index in [1.165, 1.54) is 27.1 Å². The molecule has 0 aliphatic heterocycles. The van der Waals surface area contributed by atoms with E-state index in [-0.39, 0.29) is 0 Å². The summed E-state index contributed by atoms with van der Waals surface area (Å²) in [5.74, 6) is 0. The summed E-state index contributed by atoms with van der Waals surface area (Å²) in [6, 6.07) is 14.7. The highest BCUT2D eigenvalue weighted by Crippen LogP contribution is 2.35. The largest absolute Gasteiger partial charge is 0.361 e. The van der Waals surface area contributed by atoms with E-state index >= 15 is 0 Å². The number of rotatable bonds is 0. The highest BCUT2D eigenvalue weighted by atomic mass is 14.8. The van der Waals surface area contributed by atoms with Gasteiger partial charge in [0, 0.05) is 38.8 Å². The van der Waals surface area contributed by atoms with Crippen LogP contribution >= 0.6 is 0 Å². The molecule has 0 unspecified atom stereocenters. The quantitative estimate of drug-likeness (QED) is 0.425. The molecule has 5 aromatic rings. The summed E-state index contributed by atoms with van der Waals surface area (Å²) in [5.41, 5.74) is 4.45. The zero-order chi connectivity index (χ0) is 13.1. The minimum Gasteiger partial charge on any atom is -0.361 e. The topological polar surface area (TPSA) is 44.5 Å². The first-order valence-electron chi connectivity index (χ1n) is 6.67. The van der Waals surface area contributed by atoms with Crippen molar-refractivity contribution in [1.82, 2.24) is 15.0 Å². The van der Waals surface area contributed by atoms with E-state index in [4.69, 9.17) is 0 Å². The Morgan fingerprint density at radius 1 is 0.750 bits per heavy atom. The van der Waals surface area contributed by atoms with E-state index in [0.29, 0.717) is 0 Å². The fraction of sp³-hybridized carbons (Fsp3) is 0. The number of pyridine rings is 1. The Kier molecular flexibility index (Phi) is 1.70. The van der Waals surface area contributed by atoms with Crippen LogP contribution in [0.4, 0.5) is 0 Å². The maximum absolute atomic E-state index is 4.53. The van der Waals surface area contributed by atoms with Gasteiger partial charge in [-0.15, -0.1) is 0 Å². The summed E-state index contributed by atoms with van der Waals surface area (Å²) < 4.78 is 0. The zero-order valence-corrected chi connectivity index (χ0v) is 10.6.